The molecular formula is C19H17ClO4. The molecule has 0 fully saturated rings. The molecule has 0 saturated heterocycles. The number of hydrogen-bond acceptors (Lipinski definition) is 4. The maximum absolute atomic E-state index is 11.6. The van der Waals surface area contributed by atoms with Gasteiger partial charge in [-0.15, -0.1) is 0 Å². The highest BCUT2D eigenvalue weighted by atomic mass is 35.5. The van der Waals surface area contributed by atoms with Gasteiger partial charge >= 0.3 is 5.63 Å². The van der Waals surface area contributed by atoms with Crippen LogP contribution in [0.3, 0.4) is 0 Å². The molecule has 0 amide bonds. The second kappa shape index (κ2) is 6.97. The van der Waals surface area contributed by atoms with E-state index >= 15 is 0 Å². The van der Waals surface area contributed by atoms with Crippen molar-refractivity contribution in [2.24, 2.45) is 0 Å². The van der Waals surface area contributed by atoms with E-state index in [-0.39, 0.29) is 5.63 Å². The Labute approximate surface area is 144 Å². The Hall–Kier alpha value is -2.46. The number of halogens is 1. The third-order valence-corrected chi connectivity index (χ3v) is 4.11. The molecule has 24 heavy (non-hydrogen) atoms. The first-order chi connectivity index (χ1) is 11.6. The largest absolute Gasteiger partial charge is 0.497 e. The molecule has 0 spiro atoms. The van der Waals surface area contributed by atoms with Gasteiger partial charge in [0.25, 0.3) is 0 Å². The summed E-state index contributed by atoms with van der Waals surface area (Å²) in [5, 5.41) is 1.32. The molecule has 2 aromatic carbocycles. The lowest BCUT2D eigenvalue weighted by Crippen LogP contribution is -2.01. The highest BCUT2D eigenvalue weighted by Gasteiger charge is 2.10. The normalized spacial score (nSPS) is 10.8. The van der Waals surface area contributed by atoms with E-state index in [1.807, 2.05) is 31.2 Å². The molecule has 4 nitrogen and oxygen atoms in total. The van der Waals surface area contributed by atoms with Crippen molar-refractivity contribution in [3.8, 4) is 11.5 Å². The van der Waals surface area contributed by atoms with Gasteiger partial charge < -0.3 is 13.9 Å². The number of fused-ring (bicyclic) bond motifs is 1. The Balaban J connectivity index is 1.88. The van der Waals surface area contributed by atoms with E-state index in [0.29, 0.717) is 23.0 Å². The highest BCUT2D eigenvalue weighted by Crippen LogP contribution is 2.32. The Morgan fingerprint density at radius 2 is 1.88 bits per heavy atom. The zero-order chi connectivity index (χ0) is 17.1. The molecule has 124 valence electrons. The van der Waals surface area contributed by atoms with E-state index in [9.17, 15) is 4.79 Å². The van der Waals surface area contributed by atoms with Crippen molar-refractivity contribution in [2.75, 3.05) is 7.11 Å². The summed E-state index contributed by atoms with van der Waals surface area (Å²) in [7, 11) is 1.62. The van der Waals surface area contributed by atoms with Crippen molar-refractivity contribution in [3.63, 3.8) is 0 Å². The molecule has 0 aliphatic heterocycles. The fraction of sp³-hybridized carbons (Fsp3) is 0.211. The number of rotatable bonds is 5. The molecule has 0 aliphatic rings. The van der Waals surface area contributed by atoms with Crippen molar-refractivity contribution >= 4 is 22.6 Å². The van der Waals surface area contributed by atoms with Gasteiger partial charge in [-0.3, -0.25) is 0 Å². The zero-order valence-electron chi connectivity index (χ0n) is 13.5. The molecule has 3 rings (SSSR count). The minimum absolute atomic E-state index is 0.354. The van der Waals surface area contributed by atoms with Crippen LogP contribution in [-0.2, 0) is 13.0 Å². The van der Waals surface area contributed by atoms with Crippen molar-refractivity contribution in [3.05, 3.63) is 69.0 Å². The summed E-state index contributed by atoms with van der Waals surface area (Å²) in [6, 6.07) is 12.5. The van der Waals surface area contributed by atoms with Crippen LogP contribution in [-0.4, -0.2) is 7.11 Å². The lowest BCUT2D eigenvalue weighted by atomic mass is 10.1. The second-order valence-corrected chi connectivity index (χ2v) is 5.77. The standard InChI is InChI=1S/C19H17ClO4/c1-3-13-8-19(21)24-17-10-18(16(20)9-15(13)17)23-11-12-4-6-14(22-2)7-5-12/h4-10H,3,11H2,1-2H3. The first-order valence-electron chi connectivity index (χ1n) is 7.62. The number of aryl methyl sites for hydroxylation is 1. The van der Waals surface area contributed by atoms with Crippen LogP contribution in [0.1, 0.15) is 18.1 Å². The van der Waals surface area contributed by atoms with E-state index in [0.717, 1.165) is 28.7 Å². The Morgan fingerprint density at radius 3 is 2.54 bits per heavy atom. The van der Waals surface area contributed by atoms with Crippen molar-refractivity contribution in [1.82, 2.24) is 0 Å². The number of benzene rings is 2. The third-order valence-electron chi connectivity index (χ3n) is 3.82. The van der Waals surface area contributed by atoms with Gasteiger partial charge in [0.1, 0.15) is 23.7 Å². The van der Waals surface area contributed by atoms with Crippen LogP contribution in [0, 0.1) is 0 Å². The third kappa shape index (κ3) is 3.39. The topological polar surface area (TPSA) is 48.7 Å². The monoisotopic (exact) mass is 344 g/mol. The van der Waals surface area contributed by atoms with Gasteiger partial charge in [0.15, 0.2) is 0 Å². The molecule has 0 saturated carbocycles. The molecule has 0 bridgehead atoms. The smallest absolute Gasteiger partial charge is 0.336 e. The van der Waals surface area contributed by atoms with Gasteiger partial charge in [-0.05, 0) is 35.7 Å². The Morgan fingerprint density at radius 1 is 1.12 bits per heavy atom. The maximum atomic E-state index is 11.6. The van der Waals surface area contributed by atoms with Crippen LogP contribution in [0.5, 0.6) is 11.5 Å². The predicted octanol–water partition coefficient (Wildman–Crippen LogP) is 4.60. The molecule has 3 aromatic rings. The molecule has 0 N–H and O–H groups in total. The molecule has 0 unspecified atom stereocenters. The van der Waals surface area contributed by atoms with E-state index in [1.165, 1.54) is 6.07 Å². The van der Waals surface area contributed by atoms with Crippen molar-refractivity contribution in [2.45, 2.75) is 20.0 Å². The van der Waals surface area contributed by atoms with Crippen LogP contribution in [0.2, 0.25) is 5.02 Å². The van der Waals surface area contributed by atoms with Crippen molar-refractivity contribution in [1.29, 1.82) is 0 Å². The minimum atomic E-state index is -0.372. The Bertz CT molecular complexity index is 913. The minimum Gasteiger partial charge on any atom is -0.497 e. The number of hydrogen-bond donors (Lipinski definition) is 0. The zero-order valence-corrected chi connectivity index (χ0v) is 14.2. The molecule has 5 heteroatoms. The van der Waals surface area contributed by atoms with Gasteiger partial charge in [0.2, 0.25) is 0 Å². The van der Waals surface area contributed by atoms with Gasteiger partial charge in [-0.2, -0.15) is 0 Å². The van der Waals surface area contributed by atoms with E-state index in [1.54, 1.807) is 19.2 Å². The van der Waals surface area contributed by atoms with Gasteiger partial charge in [0, 0.05) is 17.5 Å². The number of ether oxygens (including phenoxy) is 2. The lowest BCUT2D eigenvalue weighted by molar-refractivity contribution is 0.306. The first-order valence-corrected chi connectivity index (χ1v) is 8.00. The molecule has 1 heterocycles. The summed E-state index contributed by atoms with van der Waals surface area (Å²) in [6.07, 6.45) is 0.727. The summed E-state index contributed by atoms with van der Waals surface area (Å²) < 4.78 is 16.2. The van der Waals surface area contributed by atoms with E-state index in [4.69, 9.17) is 25.5 Å². The van der Waals surface area contributed by atoms with Crippen LogP contribution < -0.4 is 15.1 Å². The fourth-order valence-corrected chi connectivity index (χ4v) is 2.73. The molecule has 0 radical (unpaired) electrons. The molecule has 0 atom stereocenters. The highest BCUT2D eigenvalue weighted by molar-refractivity contribution is 6.32. The van der Waals surface area contributed by atoms with Crippen LogP contribution in [0.25, 0.3) is 11.0 Å². The van der Waals surface area contributed by atoms with Gasteiger partial charge in [-0.1, -0.05) is 30.7 Å². The summed E-state index contributed by atoms with van der Waals surface area (Å²) in [5.74, 6) is 1.27. The fourth-order valence-electron chi connectivity index (χ4n) is 2.51. The SMILES string of the molecule is CCc1cc(=O)oc2cc(OCc3ccc(OC)cc3)c(Cl)cc12. The average molecular weight is 345 g/mol. The first kappa shape index (κ1) is 16.4. The quantitative estimate of drug-likeness (QED) is 0.635. The predicted molar refractivity (Wildman–Crippen MR) is 94.2 cm³/mol. The number of methoxy groups -OCH3 is 1. The maximum Gasteiger partial charge on any atom is 0.336 e. The van der Waals surface area contributed by atoms with E-state index < -0.39 is 0 Å². The summed E-state index contributed by atoms with van der Waals surface area (Å²) >= 11 is 6.32. The van der Waals surface area contributed by atoms with E-state index in [2.05, 4.69) is 0 Å². The molecular weight excluding hydrogens is 328 g/mol. The summed E-state index contributed by atoms with van der Waals surface area (Å²) in [5.41, 5.74) is 2.00. The van der Waals surface area contributed by atoms with Gasteiger partial charge in [-0.25, -0.2) is 4.79 Å². The van der Waals surface area contributed by atoms with Crippen LogP contribution in [0.15, 0.2) is 51.7 Å². The summed E-state index contributed by atoms with van der Waals surface area (Å²) in [4.78, 5) is 11.6. The van der Waals surface area contributed by atoms with Crippen molar-refractivity contribution < 1.29 is 13.9 Å². The molecule has 1 aromatic heterocycles. The van der Waals surface area contributed by atoms with Crippen LogP contribution in [0.4, 0.5) is 0 Å². The Kier molecular flexibility index (Phi) is 4.76. The van der Waals surface area contributed by atoms with Crippen LogP contribution >= 0.6 is 11.6 Å². The average Bonchev–Trinajstić information content (AvgIpc) is 2.60. The lowest BCUT2D eigenvalue weighted by Gasteiger charge is -2.11. The molecule has 0 aliphatic carbocycles. The second-order valence-electron chi connectivity index (χ2n) is 5.36. The summed E-state index contributed by atoms with van der Waals surface area (Å²) in [6.45, 7) is 2.34. The van der Waals surface area contributed by atoms with Gasteiger partial charge in [0.05, 0.1) is 12.1 Å².